The van der Waals surface area contributed by atoms with E-state index in [2.05, 4.69) is 16.0 Å². The number of hydrogen-bond donors (Lipinski definition) is 5. The summed E-state index contributed by atoms with van der Waals surface area (Å²) in [7, 11) is 0. The number of nitrogens with one attached hydrogen (secondary N) is 3. The largest absolute Gasteiger partial charge is 0.487 e. The summed E-state index contributed by atoms with van der Waals surface area (Å²) in [6.45, 7) is 31.9. The molecule has 2 saturated heterocycles. The van der Waals surface area contributed by atoms with Gasteiger partial charge in [0.2, 0.25) is 0 Å². The van der Waals surface area contributed by atoms with Crippen LogP contribution in [0.25, 0.3) is 0 Å². The first kappa shape index (κ1) is 68.9. The molecule has 3 unspecified atom stereocenters. The predicted octanol–water partition coefficient (Wildman–Crippen LogP) is 4.41. The fourth-order valence-electron chi connectivity index (χ4n) is 9.03. The van der Waals surface area contributed by atoms with E-state index in [1.165, 1.54) is 12.1 Å². The number of alkyl halides is 4. The topological polar surface area (TPSA) is 215 Å². The zero-order valence-electron chi connectivity index (χ0n) is 48.3. The van der Waals surface area contributed by atoms with Crippen LogP contribution in [0.1, 0.15) is 95.6 Å². The van der Waals surface area contributed by atoms with Crippen LogP contribution in [-0.2, 0) is 44.6 Å². The monoisotopic (exact) mass is 1110 g/mol. The summed E-state index contributed by atoms with van der Waals surface area (Å²) < 4.78 is 73.3. The Kier molecular flexibility index (Phi) is 28.7. The average Bonchev–Trinajstić information content (AvgIpc) is 3.26. The van der Waals surface area contributed by atoms with Gasteiger partial charge in [-0.05, 0) is 83.4 Å². The lowest BCUT2D eigenvalue weighted by atomic mass is 9.85. The molecule has 5 N–H and O–H groups in total. The zero-order valence-corrected chi connectivity index (χ0v) is 48.3. The summed E-state index contributed by atoms with van der Waals surface area (Å²) in [4.78, 5) is 72.6. The number of carbonyl (C=O) groups is 5. The number of ether oxygens (including phenoxy) is 4. The smallest absolute Gasteiger partial charge is 0.340 e. The first-order chi connectivity index (χ1) is 35.6. The third-order valence-electron chi connectivity index (χ3n) is 12.4. The lowest BCUT2D eigenvalue weighted by Gasteiger charge is -2.39. The van der Waals surface area contributed by atoms with Crippen LogP contribution in [0.3, 0.4) is 0 Å². The number of benzene rings is 1. The van der Waals surface area contributed by atoms with Crippen molar-refractivity contribution in [2.75, 3.05) is 131 Å². The van der Waals surface area contributed by atoms with Gasteiger partial charge in [0.15, 0.2) is 6.61 Å². The number of nitrogens with zero attached hydrogens (tertiary/aromatic N) is 5. The molecule has 1 aromatic rings. The molecule has 0 aromatic heterocycles. The van der Waals surface area contributed by atoms with Crippen molar-refractivity contribution in [3.05, 3.63) is 29.8 Å². The minimum Gasteiger partial charge on any atom is -0.487 e. The summed E-state index contributed by atoms with van der Waals surface area (Å²) in [6, 6.07) is 4.03. The van der Waals surface area contributed by atoms with Crippen LogP contribution in [0.5, 0.6) is 5.75 Å². The van der Waals surface area contributed by atoms with Gasteiger partial charge in [-0.15, -0.1) is 0 Å². The maximum Gasteiger partial charge on any atom is 0.340 e. The highest BCUT2D eigenvalue weighted by Crippen LogP contribution is 2.27. The van der Waals surface area contributed by atoms with Crippen molar-refractivity contribution >= 4 is 29.8 Å². The molecule has 23 heteroatoms. The van der Waals surface area contributed by atoms with Crippen molar-refractivity contribution in [2.45, 2.75) is 138 Å². The molecule has 1 aromatic carbocycles. The molecule has 0 aliphatic carbocycles. The molecule has 0 amide bonds. The van der Waals surface area contributed by atoms with Crippen molar-refractivity contribution in [1.82, 2.24) is 40.4 Å². The summed E-state index contributed by atoms with van der Waals surface area (Å²) in [5.74, 6) is -7.12. The van der Waals surface area contributed by atoms with Gasteiger partial charge < -0.3 is 45.1 Å². The van der Waals surface area contributed by atoms with Crippen molar-refractivity contribution in [2.24, 2.45) is 10.8 Å². The molecule has 2 aliphatic heterocycles. The van der Waals surface area contributed by atoms with E-state index in [0.717, 1.165) is 0 Å². The van der Waals surface area contributed by atoms with E-state index >= 15 is 0 Å². The molecule has 19 nitrogen and oxygen atoms in total. The fraction of sp³-hybridized carbons (Fsp3) is 0.796. The lowest BCUT2D eigenvalue weighted by molar-refractivity contribution is -0.157. The Labute approximate surface area is 455 Å². The number of rotatable bonds is 17. The number of carboxylic acids is 2. The Balaban J connectivity index is 0.000000613. The van der Waals surface area contributed by atoms with Crippen LogP contribution in [0.2, 0.25) is 0 Å². The van der Waals surface area contributed by atoms with E-state index in [1.807, 2.05) is 66.0 Å². The second-order valence-electron chi connectivity index (χ2n) is 23.8. The van der Waals surface area contributed by atoms with Gasteiger partial charge >= 0.3 is 42.2 Å². The number of aliphatic carboxylic acids is 2. The molecule has 0 saturated carbocycles. The molecule has 0 bridgehead atoms. The van der Waals surface area contributed by atoms with E-state index in [1.54, 1.807) is 60.6 Å². The van der Waals surface area contributed by atoms with Gasteiger partial charge in [0.05, 0.1) is 19.7 Å². The average molecular weight is 1110 g/mol. The molecule has 444 valence electrons. The maximum absolute atomic E-state index is 13.5. The maximum atomic E-state index is 13.5. The lowest BCUT2D eigenvalue weighted by Crippen LogP contribution is -2.55. The molecule has 0 radical (unpaired) electrons. The minimum absolute atomic E-state index is 0.0211. The zero-order chi connectivity index (χ0) is 58.4. The first-order valence-electron chi connectivity index (χ1n) is 26.9. The van der Waals surface area contributed by atoms with Crippen LogP contribution in [0.15, 0.2) is 24.3 Å². The van der Waals surface area contributed by atoms with Gasteiger partial charge in [-0.3, -0.25) is 48.5 Å². The molecular formula is C54H94F4N8O11. The fourth-order valence-corrected chi connectivity index (χ4v) is 9.03. The van der Waals surface area contributed by atoms with Crippen LogP contribution in [0.4, 0.5) is 17.6 Å². The molecular weight excluding hydrogens is 1010 g/mol. The quantitative estimate of drug-likeness (QED) is 0.0830. The van der Waals surface area contributed by atoms with Crippen molar-refractivity contribution in [3.63, 3.8) is 0 Å². The van der Waals surface area contributed by atoms with E-state index in [9.17, 15) is 51.7 Å². The highest BCUT2D eigenvalue weighted by atomic mass is 19.3. The van der Waals surface area contributed by atoms with E-state index in [-0.39, 0.29) is 54.6 Å². The molecule has 2 heterocycles. The van der Waals surface area contributed by atoms with Gasteiger partial charge in [-0.1, -0.05) is 53.7 Å². The summed E-state index contributed by atoms with van der Waals surface area (Å²) in [5.41, 5.74) is -1.37. The van der Waals surface area contributed by atoms with Crippen molar-refractivity contribution in [1.29, 1.82) is 0 Å². The Hall–Kier alpha value is -4.23. The van der Waals surface area contributed by atoms with Crippen molar-refractivity contribution < 1.29 is 70.7 Å². The number of esters is 3. The van der Waals surface area contributed by atoms with E-state index < -0.39 is 66.2 Å². The minimum atomic E-state index is -4.29. The number of carbonyl (C=O) groups excluding carboxylic acids is 3. The Morgan fingerprint density at radius 3 is 1.27 bits per heavy atom. The van der Waals surface area contributed by atoms with E-state index in [4.69, 9.17) is 18.9 Å². The van der Waals surface area contributed by atoms with Crippen molar-refractivity contribution in [3.8, 4) is 5.75 Å². The van der Waals surface area contributed by atoms with Gasteiger partial charge in [0, 0.05) is 105 Å². The van der Waals surface area contributed by atoms with Crippen LogP contribution in [0, 0.1) is 10.8 Å². The second-order valence-corrected chi connectivity index (χ2v) is 23.8. The van der Waals surface area contributed by atoms with Gasteiger partial charge in [-0.25, -0.2) is 8.78 Å². The summed E-state index contributed by atoms with van der Waals surface area (Å²) in [5, 5.41) is 29.6. The van der Waals surface area contributed by atoms with Crippen LogP contribution >= 0.6 is 0 Å². The SMILES string of the molecule is CC(C)(C)C(C(=O)O)N1CCNCCN(C(C(=O)O)C(C)(C)C)CCNCC1.CCOC(=O)C(Cc1ccc(OCC(F)(F)C(F)F)cc1)N1CCN(CC(=O)OC(C)(C)C)CCNCCN(CC(=O)OC(C)(C)C)CC1. The molecule has 2 aliphatic rings. The summed E-state index contributed by atoms with van der Waals surface area (Å²) >= 11 is 0. The van der Waals surface area contributed by atoms with Crippen LogP contribution in [-0.4, -0.2) is 237 Å². The van der Waals surface area contributed by atoms with Gasteiger partial charge in [0.25, 0.3) is 0 Å². The van der Waals surface area contributed by atoms with Crippen LogP contribution < -0.4 is 20.7 Å². The number of carboxylic acid groups (broad SMARTS) is 2. The first-order valence-corrected chi connectivity index (χ1v) is 26.9. The number of hydrogen-bond acceptors (Lipinski definition) is 17. The summed E-state index contributed by atoms with van der Waals surface area (Å²) in [6.07, 6.45) is -3.68. The highest BCUT2D eigenvalue weighted by molar-refractivity contribution is 5.77. The van der Waals surface area contributed by atoms with Gasteiger partial charge in [-0.2, -0.15) is 8.78 Å². The molecule has 77 heavy (non-hydrogen) atoms. The van der Waals surface area contributed by atoms with E-state index in [0.29, 0.717) is 110 Å². The normalized spacial score (nSPS) is 19.1. The second kappa shape index (κ2) is 32.1. The Morgan fingerprint density at radius 1 is 0.571 bits per heavy atom. The molecule has 3 atom stereocenters. The predicted molar refractivity (Wildman–Crippen MR) is 287 cm³/mol. The Bertz CT molecular complexity index is 1840. The molecule has 2 fully saturated rings. The number of halogens is 4. The standard InChI is InChI=1S/C34H54F4N4O7.C20H40N4O4/c1-8-46-30(45)27(21-25-9-11-26(12-10-25)47-24-34(37,38)31(35)36)42-19-17-40(22-28(43)48-32(2,3)4)15-13-39-14-16-41(18-20-42)23-29(44)49-33(5,6)7;1-19(2,3)15(17(25)26)23-11-7-21-9-13-24(14-10-22-8-12-23)16(18(27)28)20(4,5)6/h9-12,27,31,39H,8,13-24H2,1-7H3;15-16,21-22H,7-14H2,1-6H3,(H,25,26)(H,27,28). The third kappa shape index (κ3) is 27.5. The molecule has 0 spiro atoms. The Morgan fingerprint density at radius 2 is 0.948 bits per heavy atom. The highest BCUT2D eigenvalue weighted by Gasteiger charge is 2.42. The molecule has 3 rings (SSSR count). The van der Waals surface area contributed by atoms with Gasteiger partial charge in [0.1, 0.15) is 35.1 Å². The third-order valence-corrected chi connectivity index (χ3v) is 12.4.